The van der Waals surface area contributed by atoms with E-state index in [2.05, 4.69) is 20.1 Å². The molecule has 0 aliphatic carbocycles. The van der Waals surface area contributed by atoms with Crippen LogP contribution in [-0.4, -0.2) is 37.5 Å². The second kappa shape index (κ2) is 6.45. The van der Waals surface area contributed by atoms with Gasteiger partial charge in [-0.1, -0.05) is 11.2 Å². The molecular weight excluding hydrogens is 306 g/mol. The number of ether oxygens (including phenoxy) is 1. The van der Waals surface area contributed by atoms with E-state index in [1.807, 2.05) is 48.1 Å². The molecule has 0 aromatic carbocycles. The largest absolute Gasteiger partial charge is 0.471 e. The number of rotatable bonds is 4. The van der Waals surface area contributed by atoms with Crippen molar-refractivity contribution in [1.29, 1.82) is 0 Å². The lowest BCUT2D eigenvalue weighted by atomic mass is 10.3. The molecule has 1 unspecified atom stereocenters. The van der Waals surface area contributed by atoms with E-state index >= 15 is 0 Å². The Hall–Kier alpha value is -2.67. The molecule has 1 aliphatic rings. The average Bonchev–Trinajstić information content (AvgIpc) is 3.14. The Kier molecular flexibility index (Phi) is 4.00. The molecular formula is C17H19N5O2. The smallest absolute Gasteiger partial charge is 0.213 e. The molecule has 3 aromatic heterocycles. The fourth-order valence-corrected chi connectivity index (χ4v) is 3.00. The number of fused-ring (bicyclic) bond motifs is 1. The van der Waals surface area contributed by atoms with Crippen LogP contribution in [0.15, 0.2) is 47.2 Å². The van der Waals surface area contributed by atoms with Crippen molar-refractivity contribution in [3.63, 3.8) is 0 Å². The highest BCUT2D eigenvalue weighted by Crippen LogP contribution is 2.18. The lowest BCUT2D eigenvalue weighted by Crippen LogP contribution is -2.35. The van der Waals surface area contributed by atoms with E-state index in [1.165, 1.54) is 5.69 Å². The van der Waals surface area contributed by atoms with Crippen molar-refractivity contribution in [1.82, 2.24) is 24.8 Å². The van der Waals surface area contributed by atoms with Gasteiger partial charge >= 0.3 is 0 Å². The Balaban J connectivity index is 1.54. The SMILES string of the molecule is Cc1cc(CN2Cc3ccnn3CC(Oc3ccccn3)C2)no1. The Morgan fingerprint density at radius 1 is 1.25 bits per heavy atom. The zero-order chi connectivity index (χ0) is 16.4. The first-order valence-corrected chi connectivity index (χ1v) is 7.99. The Morgan fingerprint density at radius 3 is 3.00 bits per heavy atom. The number of hydrogen-bond acceptors (Lipinski definition) is 6. The number of aryl methyl sites for hydroxylation is 1. The van der Waals surface area contributed by atoms with E-state index in [4.69, 9.17) is 9.26 Å². The highest BCUT2D eigenvalue weighted by molar-refractivity contribution is 5.11. The maximum absolute atomic E-state index is 6.08. The van der Waals surface area contributed by atoms with Gasteiger partial charge in [0.25, 0.3) is 0 Å². The summed E-state index contributed by atoms with van der Waals surface area (Å²) >= 11 is 0. The van der Waals surface area contributed by atoms with E-state index in [9.17, 15) is 0 Å². The quantitative estimate of drug-likeness (QED) is 0.731. The average molecular weight is 325 g/mol. The monoisotopic (exact) mass is 325 g/mol. The molecule has 0 fully saturated rings. The molecule has 7 nitrogen and oxygen atoms in total. The van der Waals surface area contributed by atoms with Crippen molar-refractivity contribution < 1.29 is 9.26 Å². The summed E-state index contributed by atoms with van der Waals surface area (Å²) in [5.74, 6) is 1.46. The first-order valence-electron chi connectivity index (χ1n) is 7.99. The second-order valence-electron chi connectivity index (χ2n) is 6.01. The van der Waals surface area contributed by atoms with Gasteiger partial charge in [0, 0.05) is 44.2 Å². The topological polar surface area (TPSA) is 69.2 Å². The van der Waals surface area contributed by atoms with Crippen molar-refractivity contribution in [2.45, 2.75) is 32.7 Å². The first kappa shape index (κ1) is 14.9. The van der Waals surface area contributed by atoms with Crippen LogP contribution < -0.4 is 4.74 Å². The van der Waals surface area contributed by atoms with Gasteiger partial charge in [-0.15, -0.1) is 0 Å². The Labute approximate surface area is 139 Å². The van der Waals surface area contributed by atoms with Gasteiger partial charge in [0.2, 0.25) is 5.88 Å². The fraction of sp³-hybridized carbons (Fsp3) is 0.353. The van der Waals surface area contributed by atoms with Crippen LogP contribution in [0.2, 0.25) is 0 Å². The van der Waals surface area contributed by atoms with Gasteiger partial charge in [-0.3, -0.25) is 9.58 Å². The normalized spacial score (nSPS) is 18.1. The zero-order valence-corrected chi connectivity index (χ0v) is 13.5. The van der Waals surface area contributed by atoms with Crippen molar-refractivity contribution >= 4 is 0 Å². The van der Waals surface area contributed by atoms with Gasteiger partial charge < -0.3 is 9.26 Å². The van der Waals surface area contributed by atoms with Gasteiger partial charge in [-0.05, 0) is 19.1 Å². The molecule has 0 spiro atoms. The third-order valence-electron chi connectivity index (χ3n) is 4.02. The fourth-order valence-electron chi connectivity index (χ4n) is 3.00. The minimum absolute atomic E-state index is 0.0333. The highest BCUT2D eigenvalue weighted by Gasteiger charge is 2.24. The summed E-state index contributed by atoms with van der Waals surface area (Å²) in [6.45, 7) is 4.89. The van der Waals surface area contributed by atoms with E-state index in [0.717, 1.165) is 24.5 Å². The molecule has 24 heavy (non-hydrogen) atoms. The minimum atomic E-state index is -0.0333. The predicted octanol–water partition coefficient (Wildman–Crippen LogP) is 2.04. The Bertz CT molecular complexity index is 798. The molecule has 0 saturated heterocycles. The summed E-state index contributed by atoms with van der Waals surface area (Å²) in [6.07, 6.45) is 3.53. The maximum atomic E-state index is 6.08. The van der Waals surface area contributed by atoms with E-state index in [0.29, 0.717) is 19.0 Å². The summed E-state index contributed by atoms with van der Waals surface area (Å²) in [5, 5.41) is 8.51. The van der Waals surface area contributed by atoms with Gasteiger partial charge in [-0.25, -0.2) is 4.98 Å². The number of hydrogen-bond donors (Lipinski definition) is 0. The third kappa shape index (κ3) is 3.30. The second-order valence-corrected chi connectivity index (χ2v) is 6.01. The van der Waals surface area contributed by atoms with Gasteiger partial charge in [-0.2, -0.15) is 5.10 Å². The number of nitrogens with zero attached hydrogens (tertiary/aromatic N) is 5. The molecule has 7 heteroatoms. The van der Waals surface area contributed by atoms with Crippen molar-refractivity contribution in [2.24, 2.45) is 0 Å². The summed E-state index contributed by atoms with van der Waals surface area (Å²) < 4.78 is 13.3. The summed E-state index contributed by atoms with van der Waals surface area (Å²) in [5.41, 5.74) is 2.10. The van der Waals surface area contributed by atoms with E-state index in [1.54, 1.807) is 6.20 Å². The lowest BCUT2D eigenvalue weighted by Gasteiger charge is -2.23. The van der Waals surface area contributed by atoms with Crippen LogP contribution in [0.1, 0.15) is 17.1 Å². The van der Waals surface area contributed by atoms with Crippen LogP contribution in [0.3, 0.4) is 0 Å². The number of aromatic nitrogens is 4. The third-order valence-corrected chi connectivity index (χ3v) is 4.02. The molecule has 0 amide bonds. The molecule has 1 aliphatic heterocycles. The van der Waals surface area contributed by atoms with Gasteiger partial charge in [0.1, 0.15) is 11.9 Å². The summed E-state index contributed by atoms with van der Waals surface area (Å²) in [4.78, 5) is 6.56. The lowest BCUT2D eigenvalue weighted by molar-refractivity contribution is 0.116. The van der Waals surface area contributed by atoms with Crippen molar-refractivity contribution in [3.8, 4) is 5.88 Å². The first-order chi connectivity index (χ1) is 11.8. The molecule has 0 saturated carbocycles. The van der Waals surface area contributed by atoms with Crippen LogP contribution >= 0.6 is 0 Å². The summed E-state index contributed by atoms with van der Waals surface area (Å²) in [6, 6.07) is 9.69. The van der Waals surface area contributed by atoms with E-state index < -0.39 is 0 Å². The molecule has 3 aromatic rings. The minimum Gasteiger partial charge on any atom is -0.471 e. The predicted molar refractivity (Wildman–Crippen MR) is 86.2 cm³/mol. The standard InChI is InChI=1S/C17H19N5O2/c1-13-8-14(20-24-13)9-21-10-15-5-7-19-22(15)12-16(11-21)23-17-4-2-3-6-18-17/h2-8,16H,9-12H2,1H3. The van der Waals surface area contributed by atoms with Crippen LogP contribution in [0.25, 0.3) is 0 Å². The molecule has 4 rings (SSSR count). The van der Waals surface area contributed by atoms with Gasteiger partial charge in [0.15, 0.2) is 0 Å². The molecule has 124 valence electrons. The molecule has 0 N–H and O–H groups in total. The van der Waals surface area contributed by atoms with Crippen LogP contribution in [-0.2, 0) is 19.6 Å². The zero-order valence-electron chi connectivity index (χ0n) is 13.5. The maximum Gasteiger partial charge on any atom is 0.213 e. The van der Waals surface area contributed by atoms with Gasteiger partial charge in [0.05, 0.1) is 17.9 Å². The molecule has 4 heterocycles. The van der Waals surface area contributed by atoms with E-state index in [-0.39, 0.29) is 6.10 Å². The molecule has 0 radical (unpaired) electrons. The number of pyridine rings is 1. The van der Waals surface area contributed by atoms with Crippen molar-refractivity contribution in [3.05, 3.63) is 59.9 Å². The molecule has 0 bridgehead atoms. The Morgan fingerprint density at radius 2 is 2.21 bits per heavy atom. The van der Waals surface area contributed by atoms with Crippen LogP contribution in [0, 0.1) is 6.92 Å². The summed E-state index contributed by atoms with van der Waals surface area (Å²) in [7, 11) is 0. The van der Waals surface area contributed by atoms with Crippen molar-refractivity contribution in [2.75, 3.05) is 6.54 Å². The molecule has 1 atom stereocenters. The van der Waals surface area contributed by atoms with Crippen LogP contribution in [0.4, 0.5) is 0 Å². The van der Waals surface area contributed by atoms with Crippen LogP contribution in [0.5, 0.6) is 5.88 Å². The highest BCUT2D eigenvalue weighted by atomic mass is 16.5.